The molecule has 2 aromatic carbocycles. The smallest absolute Gasteiger partial charge is 0.266 e. The lowest BCUT2D eigenvalue weighted by Crippen LogP contribution is -2.23. The molecule has 24 heavy (non-hydrogen) atoms. The molecule has 4 rings (SSSR count). The molecule has 0 spiro atoms. The van der Waals surface area contributed by atoms with E-state index in [-0.39, 0.29) is 5.91 Å². The van der Waals surface area contributed by atoms with Crippen molar-refractivity contribution in [3.8, 4) is 0 Å². The van der Waals surface area contributed by atoms with Gasteiger partial charge in [0.1, 0.15) is 0 Å². The Morgan fingerprint density at radius 2 is 2.00 bits per heavy atom. The average Bonchev–Trinajstić information content (AvgIpc) is 3.20. The molecule has 3 aromatic rings. The predicted molar refractivity (Wildman–Crippen MR) is 101 cm³/mol. The number of amidine groups is 1. The van der Waals surface area contributed by atoms with E-state index in [1.165, 1.54) is 23.1 Å². The Morgan fingerprint density at radius 1 is 1.17 bits per heavy atom. The summed E-state index contributed by atoms with van der Waals surface area (Å²) in [6.07, 6.45) is 3.65. The molecule has 0 atom stereocenters. The number of fused-ring (bicyclic) bond motifs is 1. The molecule has 118 valence electrons. The standard InChI is InChI=1S/C18H13N3OS2/c1-21-16(22)15(24-18(21)20-17-19-9-10-23-17)11-13-7-4-6-12-5-2-3-8-14(12)13/h2-11H,1H3/b15-11-,20-18+. The van der Waals surface area contributed by atoms with E-state index < -0.39 is 0 Å². The van der Waals surface area contributed by atoms with Crippen LogP contribution >= 0.6 is 23.1 Å². The van der Waals surface area contributed by atoms with Gasteiger partial charge in [-0.2, -0.15) is 4.99 Å². The number of likely N-dealkylation sites (N-methyl/N-ethyl adjacent to an activating group) is 1. The Labute approximate surface area is 147 Å². The molecular weight excluding hydrogens is 338 g/mol. The summed E-state index contributed by atoms with van der Waals surface area (Å²) in [6, 6.07) is 14.3. The lowest BCUT2D eigenvalue weighted by Gasteiger charge is -2.05. The highest BCUT2D eigenvalue weighted by atomic mass is 32.2. The summed E-state index contributed by atoms with van der Waals surface area (Å²) in [4.78, 5) is 23.4. The third-order valence-electron chi connectivity index (χ3n) is 3.72. The first kappa shape index (κ1) is 15.1. The van der Waals surface area contributed by atoms with Crippen LogP contribution in [-0.2, 0) is 4.79 Å². The molecule has 0 aliphatic carbocycles. The number of thiazole rings is 1. The number of thioether (sulfide) groups is 1. The Kier molecular flexibility index (Phi) is 3.92. The first-order valence-electron chi connectivity index (χ1n) is 7.36. The number of carbonyl (C=O) groups is 1. The van der Waals surface area contributed by atoms with Crippen molar-refractivity contribution in [2.24, 2.45) is 4.99 Å². The molecule has 1 amide bonds. The molecular formula is C18H13N3OS2. The minimum atomic E-state index is -0.0387. The van der Waals surface area contributed by atoms with E-state index in [0.29, 0.717) is 15.2 Å². The first-order chi connectivity index (χ1) is 11.7. The Bertz CT molecular complexity index is 972. The molecule has 0 radical (unpaired) electrons. The van der Waals surface area contributed by atoms with Crippen molar-refractivity contribution < 1.29 is 4.79 Å². The SMILES string of the molecule is CN1C(=O)/C(=C/c2cccc3ccccc23)S/C1=N/c1nccs1. The Morgan fingerprint density at radius 3 is 2.83 bits per heavy atom. The molecule has 2 heterocycles. The van der Waals surface area contributed by atoms with Crippen LogP contribution in [0.15, 0.2) is 63.9 Å². The van der Waals surface area contributed by atoms with E-state index >= 15 is 0 Å². The van der Waals surface area contributed by atoms with Crippen LogP contribution < -0.4 is 0 Å². The highest BCUT2D eigenvalue weighted by Crippen LogP contribution is 2.34. The number of nitrogens with zero attached hydrogens (tertiary/aromatic N) is 3. The molecule has 0 saturated carbocycles. The van der Waals surface area contributed by atoms with Crippen LogP contribution in [0.5, 0.6) is 0 Å². The van der Waals surface area contributed by atoms with Gasteiger partial charge >= 0.3 is 0 Å². The van der Waals surface area contributed by atoms with Crippen molar-refractivity contribution in [2.75, 3.05) is 7.05 Å². The number of aromatic nitrogens is 1. The predicted octanol–water partition coefficient (Wildman–Crippen LogP) is 4.53. The zero-order chi connectivity index (χ0) is 16.5. The van der Waals surface area contributed by atoms with Crippen LogP contribution in [0.2, 0.25) is 0 Å². The lowest BCUT2D eigenvalue weighted by atomic mass is 10.0. The van der Waals surface area contributed by atoms with Crippen molar-refractivity contribution in [3.05, 3.63) is 64.5 Å². The van der Waals surface area contributed by atoms with E-state index in [1.807, 2.05) is 35.7 Å². The topological polar surface area (TPSA) is 45.6 Å². The van der Waals surface area contributed by atoms with E-state index in [1.54, 1.807) is 18.1 Å². The van der Waals surface area contributed by atoms with Crippen molar-refractivity contribution in [1.29, 1.82) is 0 Å². The quantitative estimate of drug-likeness (QED) is 0.637. The van der Waals surface area contributed by atoms with Gasteiger partial charge in [0, 0.05) is 18.6 Å². The molecule has 0 N–H and O–H groups in total. The van der Waals surface area contributed by atoms with E-state index in [4.69, 9.17) is 0 Å². The van der Waals surface area contributed by atoms with Gasteiger partial charge in [-0.15, -0.1) is 11.3 Å². The van der Waals surface area contributed by atoms with E-state index in [0.717, 1.165) is 16.3 Å². The van der Waals surface area contributed by atoms with Crippen molar-refractivity contribution in [3.63, 3.8) is 0 Å². The van der Waals surface area contributed by atoms with E-state index in [2.05, 4.69) is 28.2 Å². The number of hydrogen-bond donors (Lipinski definition) is 0. The van der Waals surface area contributed by atoms with Crippen LogP contribution in [0.3, 0.4) is 0 Å². The maximum atomic E-state index is 12.5. The Balaban J connectivity index is 1.74. The van der Waals surface area contributed by atoms with Gasteiger partial charge in [0.25, 0.3) is 5.91 Å². The summed E-state index contributed by atoms with van der Waals surface area (Å²) in [7, 11) is 1.74. The second kappa shape index (κ2) is 6.22. The summed E-state index contributed by atoms with van der Waals surface area (Å²) in [5.74, 6) is -0.0387. The highest BCUT2D eigenvalue weighted by Gasteiger charge is 2.30. The van der Waals surface area contributed by atoms with Crippen LogP contribution in [0, 0.1) is 0 Å². The van der Waals surface area contributed by atoms with Crippen LogP contribution in [0.25, 0.3) is 16.8 Å². The number of amides is 1. The third-order valence-corrected chi connectivity index (χ3v) is 5.45. The fraction of sp³-hybridized carbons (Fsp3) is 0.0556. The summed E-state index contributed by atoms with van der Waals surface area (Å²) >= 11 is 2.83. The normalized spacial score (nSPS) is 18.2. The van der Waals surface area contributed by atoms with E-state index in [9.17, 15) is 4.79 Å². The van der Waals surface area contributed by atoms with Crippen LogP contribution in [-0.4, -0.2) is 28.0 Å². The van der Waals surface area contributed by atoms with Crippen LogP contribution in [0.1, 0.15) is 5.56 Å². The fourth-order valence-corrected chi connectivity index (χ4v) is 4.04. The number of carbonyl (C=O) groups excluding carboxylic acids is 1. The van der Waals surface area contributed by atoms with Crippen LogP contribution in [0.4, 0.5) is 5.13 Å². The molecule has 0 unspecified atom stereocenters. The summed E-state index contributed by atoms with van der Waals surface area (Å²) in [5, 5.41) is 5.47. The molecule has 1 fully saturated rings. The molecule has 4 nitrogen and oxygen atoms in total. The Hall–Kier alpha value is -2.44. The molecule has 6 heteroatoms. The number of benzene rings is 2. The zero-order valence-corrected chi connectivity index (χ0v) is 14.5. The maximum Gasteiger partial charge on any atom is 0.266 e. The molecule has 1 aromatic heterocycles. The van der Waals surface area contributed by atoms with Gasteiger partial charge in [-0.1, -0.05) is 42.5 Å². The van der Waals surface area contributed by atoms with Gasteiger partial charge in [0.15, 0.2) is 5.17 Å². The molecule has 1 saturated heterocycles. The molecule has 0 bridgehead atoms. The van der Waals surface area contributed by atoms with Gasteiger partial charge in [0.2, 0.25) is 5.13 Å². The monoisotopic (exact) mass is 351 g/mol. The summed E-state index contributed by atoms with van der Waals surface area (Å²) in [6.45, 7) is 0. The first-order valence-corrected chi connectivity index (χ1v) is 9.05. The number of rotatable bonds is 2. The largest absolute Gasteiger partial charge is 0.289 e. The van der Waals surface area contributed by atoms with Gasteiger partial charge in [-0.3, -0.25) is 9.69 Å². The summed E-state index contributed by atoms with van der Waals surface area (Å²) < 4.78 is 0. The second-order valence-electron chi connectivity index (χ2n) is 5.25. The maximum absolute atomic E-state index is 12.5. The molecule has 1 aliphatic rings. The minimum absolute atomic E-state index is 0.0387. The van der Waals surface area contributed by atoms with Gasteiger partial charge < -0.3 is 0 Å². The lowest BCUT2D eigenvalue weighted by molar-refractivity contribution is -0.121. The third kappa shape index (κ3) is 2.74. The van der Waals surface area contributed by atoms with Gasteiger partial charge in [0.05, 0.1) is 4.91 Å². The minimum Gasteiger partial charge on any atom is -0.289 e. The van der Waals surface area contributed by atoms with Crippen molar-refractivity contribution in [1.82, 2.24) is 9.88 Å². The van der Waals surface area contributed by atoms with Gasteiger partial charge in [-0.05, 0) is 34.2 Å². The highest BCUT2D eigenvalue weighted by molar-refractivity contribution is 8.18. The van der Waals surface area contributed by atoms with Gasteiger partial charge in [-0.25, -0.2) is 4.98 Å². The van der Waals surface area contributed by atoms with Crippen molar-refractivity contribution in [2.45, 2.75) is 0 Å². The van der Waals surface area contributed by atoms with Crippen molar-refractivity contribution >= 4 is 56.2 Å². The molecule has 1 aliphatic heterocycles. The second-order valence-corrected chi connectivity index (χ2v) is 7.13. The zero-order valence-electron chi connectivity index (χ0n) is 12.8. The fourth-order valence-electron chi connectivity index (χ4n) is 2.52. The summed E-state index contributed by atoms with van der Waals surface area (Å²) in [5.41, 5.74) is 1.04. The number of hydrogen-bond acceptors (Lipinski definition) is 5. The number of aliphatic imine (C=N–C) groups is 1. The average molecular weight is 351 g/mol.